The number of amides is 1. The highest BCUT2D eigenvalue weighted by atomic mass is 16.4. The Morgan fingerprint density at radius 2 is 2.21 bits per heavy atom. The number of carboxylic acids is 1. The molecule has 19 heavy (non-hydrogen) atoms. The Morgan fingerprint density at radius 1 is 1.47 bits per heavy atom. The number of likely N-dealkylation sites (tertiary alicyclic amines) is 1. The first kappa shape index (κ1) is 14.3. The van der Waals surface area contributed by atoms with E-state index in [0.29, 0.717) is 6.42 Å². The second kappa shape index (κ2) is 5.46. The number of hydrogen-bond acceptors (Lipinski definition) is 4. The van der Waals surface area contributed by atoms with Gasteiger partial charge in [-0.1, -0.05) is 13.3 Å². The number of nitrogens with zero attached hydrogens (tertiary/aromatic N) is 1. The van der Waals surface area contributed by atoms with Crippen molar-refractivity contribution in [2.45, 2.75) is 56.7 Å². The zero-order chi connectivity index (χ0) is 14.0. The number of nitrogens with one attached hydrogen (secondary N) is 1. The Balaban J connectivity index is 2.19. The van der Waals surface area contributed by atoms with E-state index in [4.69, 9.17) is 0 Å². The molecule has 1 unspecified atom stereocenters. The maximum atomic E-state index is 12.7. The maximum absolute atomic E-state index is 12.7. The highest BCUT2D eigenvalue weighted by Gasteiger charge is 2.48. The summed E-state index contributed by atoms with van der Waals surface area (Å²) in [5.41, 5.74) is -0.619. The van der Waals surface area contributed by atoms with E-state index >= 15 is 0 Å². The highest BCUT2D eigenvalue weighted by molar-refractivity contribution is 5.91. The van der Waals surface area contributed by atoms with Crippen molar-refractivity contribution in [2.24, 2.45) is 0 Å². The summed E-state index contributed by atoms with van der Waals surface area (Å²) in [6.07, 6.45) is 2.66. The van der Waals surface area contributed by atoms with Crippen molar-refractivity contribution in [1.29, 1.82) is 0 Å². The van der Waals surface area contributed by atoms with Gasteiger partial charge in [-0.3, -0.25) is 4.79 Å². The molecule has 2 heterocycles. The van der Waals surface area contributed by atoms with Crippen molar-refractivity contribution >= 4 is 11.9 Å². The number of carbonyl (C=O) groups is 2. The fourth-order valence-corrected chi connectivity index (χ4v) is 3.28. The van der Waals surface area contributed by atoms with Gasteiger partial charge in [-0.05, 0) is 25.8 Å². The largest absolute Gasteiger partial charge is 0.480 e. The molecule has 3 atom stereocenters. The average molecular weight is 270 g/mol. The first-order valence-corrected chi connectivity index (χ1v) is 6.97. The predicted molar refractivity (Wildman–Crippen MR) is 68.6 cm³/mol. The van der Waals surface area contributed by atoms with Gasteiger partial charge in [-0.25, -0.2) is 4.79 Å². The number of hydrogen-bond donors (Lipinski definition) is 3. The third-order valence-electron chi connectivity index (χ3n) is 4.15. The van der Waals surface area contributed by atoms with Crippen LogP contribution < -0.4 is 5.32 Å². The first-order valence-electron chi connectivity index (χ1n) is 6.97. The summed E-state index contributed by atoms with van der Waals surface area (Å²) in [5.74, 6) is -1.19. The van der Waals surface area contributed by atoms with Crippen LogP contribution in [0.3, 0.4) is 0 Å². The van der Waals surface area contributed by atoms with Crippen LogP contribution in [0.25, 0.3) is 0 Å². The van der Waals surface area contributed by atoms with Crippen LogP contribution in [0.5, 0.6) is 0 Å². The number of aliphatic hydroxyl groups excluding tert-OH is 1. The van der Waals surface area contributed by atoms with Crippen LogP contribution in [-0.2, 0) is 9.59 Å². The van der Waals surface area contributed by atoms with Crippen LogP contribution in [0.2, 0.25) is 0 Å². The van der Waals surface area contributed by atoms with Gasteiger partial charge in [0.25, 0.3) is 0 Å². The van der Waals surface area contributed by atoms with Gasteiger partial charge in [0.05, 0.1) is 11.6 Å². The van der Waals surface area contributed by atoms with Gasteiger partial charge in [0, 0.05) is 13.0 Å². The number of carboxylic acid groups (broad SMARTS) is 1. The maximum Gasteiger partial charge on any atom is 0.326 e. The zero-order valence-corrected chi connectivity index (χ0v) is 11.3. The van der Waals surface area contributed by atoms with Crippen LogP contribution in [0.1, 0.15) is 39.0 Å². The third kappa shape index (κ3) is 2.60. The molecule has 2 rings (SSSR count). The van der Waals surface area contributed by atoms with Crippen molar-refractivity contribution in [3.63, 3.8) is 0 Å². The molecule has 0 spiro atoms. The number of rotatable bonds is 4. The first-order chi connectivity index (χ1) is 9.00. The minimum Gasteiger partial charge on any atom is -0.480 e. The molecule has 6 nitrogen and oxygen atoms in total. The Bertz CT molecular complexity index is 366. The number of aliphatic hydroxyl groups is 1. The number of aliphatic carboxylic acids is 1. The van der Waals surface area contributed by atoms with E-state index in [1.165, 1.54) is 4.90 Å². The number of carbonyl (C=O) groups excluding carboxylic acids is 1. The molecule has 2 aliphatic heterocycles. The Morgan fingerprint density at radius 3 is 2.74 bits per heavy atom. The molecule has 108 valence electrons. The minimum absolute atomic E-state index is 0.128. The normalized spacial score (nSPS) is 34.7. The summed E-state index contributed by atoms with van der Waals surface area (Å²) in [7, 11) is 0. The van der Waals surface area contributed by atoms with Gasteiger partial charge in [-0.15, -0.1) is 0 Å². The molecule has 2 saturated heterocycles. The van der Waals surface area contributed by atoms with Crippen molar-refractivity contribution in [3.05, 3.63) is 0 Å². The summed E-state index contributed by atoms with van der Waals surface area (Å²) >= 11 is 0. The third-order valence-corrected chi connectivity index (χ3v) is 4.15. The van der Waals surface area contributed by atoms with E-state index in [1.54, 1.807) is 0 Å². The molecule has 0 bridgehead atoms. The minimum atomic E-state index is -1.03. The van der Waals surface area contributed by atoms with E-state index in [2.05, 4.69) is 5.32 Å². The summed E-state index contributed by atoms with van der Waals surface area (Å²) < 4.78 is 0. The lowest BCUT2D eigenvalue weighted by atomic mass is 9.90. The zero-order valence-electron chi connectivity index (χ0n) is 11.3. The molecular weight excluding hydrogens is 248 g/mol. The topological polar surface area (TPSA) is 89.9 Å². The Labute approximate surface area is 112 Å². The second-order valence-electron chi connectivity index (χ2n) is 5.56. The number of β-amino-alcohol motifs (C(OH)–C–C–N with tert-alkyl or cyclic N) is 1. The fourth-order valence-electron chi connectivity index (χ4n) is 3.28. The van der Waals surface area contributed by atoms with E-state index in [-0.39, 0.29) is 18.9 Å². The lowest BCUT2D eigenvalue weighted by Crippen LogP contribution is -2.57. The molecule has 3 N–H and O–H groups in total. The van der Waals surface area contributed by atoms with Crippen molar-refractivity contribution in [1.82, 2.24) is 10.2 Å². The molecule has 2 aliphatic rings. The summed E-state index contributed by atoms with van der Waals surface area (Å²) in [4.78, 5) is 25.3. The average Bonchev–Trinajstić information content (AvgIpc) is 2.96. The molecule has 1 amide bonds. The summed E-state index contributed by atoms with van der Waals surface area (Å²) in [6, 6.07) is -0.890. The van der Waals surface area contributed by atoms with Crippen LogP contribution in [0.4, 0.5) is 0 Å². The SMILES string of the molecule is CCCC1(C(=O)N2C[C@H](O)C[C@@H]2C(=O)O)CCCN1. The molecule has 0 saturated carbocycles. The van der Waals surface area contributed by atoms with Crippen molar-refractivity contribution in [3.8, 4) is 0 Å². The monoisotopic (exact) mass is 270 g/mol. The molecule has 2 fully saturated rings. The standard InChI is InChI=1S/C13H22N2O4/c1-2-4-13(5-3-6-14-13)12(19)15-8-9(16)7-10(15)11(17)18/h9-10,14,16H,2-8H2,1H3,(H,17,18)/t9-,10-,13?/m1/s1. The van der Waals surface area contributed by atoms with Crippen LogP contribution in [-0.4, -0.2) is 57.8 Å². The van der Waals surface area contributed by atoms with Gasteiger partial charge in [0.1, 0.15) is 6.04 Å². The van der Waals surface area contributed by atoms with Gasteiger partial charge in [-0.2, -0.15) is 0 Å². The van der Waals surface area contributed by atoms with Gasteiger partial charge in [0.15, 0.2) is 0 Å². The van der Waals surface area contributed by atoms with Crippen molar-refractivity contribution < 1.29 is 19.8 Å². The summed E-state index contributed by atoms with van der Waals surface area (Å²) in [5, 5.41) is 22.1. The second-order valence-corrected chi connectivity index (χ2v) is 5.56. The lowest BCUT2D eigenvalue weighted by Gasteiger charge is -2.34. The van der Waals surface area contributed by atoms with Crippen LogP contribution >= 0.6 is 0 Å². The van der Waals surface area contributed by atoms with Gasteiger partial charge >= 0.3 is 5.97 Å². The molecule has 0 radical (unpaired) electrons. The van der Waals surface area contributed by atoms with Crippen LogP contribution in [0.15, 0.2) is 0 Å². The molecule has 0 aliphatic carbocycles. The quantitative estimate of drug-likeness (QED) is 0.666. The smallest absolute Gasteiger partial charge is 0.326 e. The van der Waals surface area contributed by atoms with E-state index in [0.717, 1.165) is 25.8 Å². The summed E-state index contributed by atoms with van der Waals surface area (Å²) in [6.45, 7) is 2.94. The van der Waals surface area contributed by atoms with Crippen molar-refractivity contribution in [2.75, 3.05) is 13.1 Å². The Kier molecular flexibility index (Phi) is 4.10. The highest BCUT2D eigenvalue weighted by Crippen LogP contribution is 2.30. The van der Waals surface area contributed by atoms with E-state index in [1.807, 2.05) is 6.92 Å². The molecular formula is C13H22N2O4. The molecule has 0 aromatic heterocycles. The van der Waals surface area contributed by atoms with Gasteiger partial charge in [0.2, 0.25) is 5.91 Å². The molecule has 0 aromatic rings. The van der Waals surface area contributed by atoms with E-state index in [9.17, 15) is 19.8 Å². The van der Waals surface area contributed by atoms with Gasteiger partial charge < -0.3 is 20.4 Å². The lowest BCUT2D eigenvalue weighted by molar-refractivity contribution is -0.151. The molecule has 0 aromatic carbocycles. The fraction of sp³-hybridized carbons (Fsp3) is 0.846. The molecule has 6 heteroatoms. The van der Waals surface area contributed by atoms with Crippen LogP contribution in [0, 0.1) is 0 Å². The Hall–Kier alpha value is -1.14. The predicted octanol–water partition coefficient (Wildman–Crippen LogP) is -0.0449. The van der Waals surface area contributed by atoms with E-state index < -0.39 is 23.7 Å².